The number of allylic oxidation sites excluding steroid dienone is 1. The fraction of sp³-hybridized carbons (Fsp3) is 0.276. The van der Waals surface area contributed by atoms with Crippen molar-refractivity contribution in [1.82, 2.24) is 0 Å². The largest absolute Gasteiger partial charge is 0.494 e. The third-order valence-corrected chi connectivity index (χ3v) is 6.51. The van der Waals surface area contributed by atoms with Crippen LogP contribution in [0.25, 0.3) is 11.1 Å². The number of esters is 1. The van der Waals surface area contributed by atoms with Crippen LogP contribution < -0.4 is 9.47 Å². The van der Waals surface area contributed by atoms with Crippen molar-refractivity contribution >= 4 is 5.97 Å². The SMILES string of the molecule is C=CC1CCC(c2ccc(OC(=O)c3ccc(-c4ccc(OCC)cc4F)cc3)c(F)c2F)CC1. The molecule has 4 rings (SSSR count). The fourth-order valence-electron chi connectivity index (χ4n) is 4.54. The molecule has 3 aromatic carbocycles. The van der Waals surface area contributed by atoms with Gasteiger partial charge in [0.15, 0.2) is 11.6 Å². The second kappa shape index (κ2) is 10.8. The first-order valence-electron chi connectivity index (χ1n) is 11.8. The molecular weight excluding hydrogens is 453 g/mol. The van der Waals surface area contributed by atoms with Crippen molar-refractivity contribution in [3.05, 3.63) is 95.8 Å². The second-order valence-electron chi connectivity index (χ2n) is 8.67. The van der Waals surface area contributed by atoms with Crippen LogP contribution in [-0.2, 0) is 0 Å². The first-order chi connectivity index (χ1) is 16.9. The highest BCUT2D eigenvalue weighted by atomic mass is 19.2. The molecule has 0 amide bonds. The molecule has 1 aliphatic rings. The van der Waals surface area contributed by atoms with Crippen LogP contribution in [0.5, 0.6) is 11.5 Å². The molecule has 0 heterocycles. The van der Waals surface area contributed by atoms with E-state index in [4.69, 9.17) is 9.47 Å². The third kappa shape index (κ3) is 5.42. The monoisotopic (exact) mass is 480 g/mol. The molecule has 0 bridgehead atoms. The van der Waals surface area contributed by atoms with Gasteiger partial charge in [-0.1, -0.05) is 24.3 Å². The molecule has 0 saturated heterocycles. The van der Waals surface area contributed by atoms with Gasteiger partial charge in [-0.05, 0) is 85.9 Å². The van der Waals surface area contributed by atoms with Crippen molar-refractivity contribution in [3.8, 4) is 22.6 Å². The van der Waals surface area contributed by atoms with Crippen LogP contribution in [0.1, 0.15) is 54.4 Å². The van der Waals surface area contributed by atoms with E-state index in [0.29, 0.717) is 35.0 Å². The number of halogens is 3. The van der Waals surface area contributed by atoms with Gasteiger partial charge in [0.1, 0.15) is 11.6 Å². The first-order valence-corrected chi connectivity index (χ1v) is 11.8. The van der Waals surface area contributed by atoms with Crippen molar-refractivity contribution in [3.63, 3.8) is 0 Å². The van der Waals surface area contributed by atoms with Crippen molar-refractivity contribution in [1.29, 1.82) is 0 Å². The van der Waals surface area contributed by atoms with E-state index in [1.807, 2.05) is 13.0 Å². The van der Waals surface area contributed by atoms with Crippen molar-refractivity contribution in [2.45, 2.75) is 38.5 Å². The summed E-state index contributed by atoms with van der Waals surface area (Å²) >= 11 is 0. The van der Waals surface area contributed by atoms with Gasteiger partial charge in [0.2, 0.25) is 5.82 Å². The Kier molecular flexibility index (Phi) is 7.59. The third-order valence-electron chi connectivity index (χ3n) is 6.51. The lowest BCUT2D eigenvalue weighted by atomic mass is 9.78. The summed E-state index contributed by atoms with van der Waals surface area (Å²) in [5.74, 6) is -3.12. The quantitative estimate of drug-likeness (QED) is 0.196. The van der Waals surface area contributed by atoms with Gasteiger partial charge in [0, 0.05) is 11.6 Å². The maximum Gasteiger partial charge on any atom is 0.343 e. The van der Waals surface area contributed by atoms with Crippen molar-refractivity contribution in [2.24, 2.45) is 5.92 Å². The zero-order chi connectivity index (χ0) is 24.9. The average Bonchev–Trinajstić information content (AvgIpc) is 2.87. The van der Waals surface area contributed by atoms with Crippen molar-refractivity contribution < 1.29 is 27.4 Å². The van der Waals surface area contributed by atoms with Crippen LogP contribution in [0.2, 0.25) is 0 Å². The maximum absolute atomic E-state index is 14.8. The number of carbonyl (C=O) groups is 1. The lowest BCUT2D eigenvalue weighted by molar-refractivity contribution is 0.0726. The van der Waals surface area contributed by atoms with E-state index >= 15 is 0 Å². The van der Waals surface area contributed by atoms with Crippen LogP contribution in [0, 0.1) is 23.4 Å². The topological polar surface area (TPSA) is 35.5 Å². The molecule has 0 atom stereocenters. The number of rotatable bonds is 7. The lowest BCUT2D eigenvalue weighted by Gasteiger charge is -2.27. The van der Waals surface area contributed by atoms with Gasteiger partial charge in [0.25, 0.3) is 0 Å². The smallest absolute Gasteiger partial charge is 0.343 e. The molecule has 0 spiro atoms. The van der Waals surface area contributed by atoms with Crippen LogP contribution >= 0.6 is 0 Å². The fourth-order valence-corrected chi connectivity index (χ4v) is 4.54. The predicted molar refractivity (Wildman–Crippen MR) is 129 cm³/mol. The standard InChI is InChI=1S/C29H27F3O3/c1-3-18-5-7-20(8-6-18)24-15-16-26(28(32)27(24)31)35-29(33)21-11-9-19(10-12-21)23-14-13-22(34-4-2)17-25(23)30/h3,9-18,20H,1,4-8H2,2H3. The molecule has 35 heavy (non-hydrogen) atoms. The minimum absolute atomic E-state index is 0.0685. The summed E-state index contributed by atoms with van der Waals surface area (Å²) in [5.41, 5.74) is 1.34. The Bertz CT molecular complexity index is 1210. The molecule has 3 nitrogen and oxygen atoms in total. The van der Waals surface area contributed by atoms with Gasteiger partial charge >= 0.3 is 5.97 Å². The Morgan fingerprint density at radius 2 is 1.69 bits per heavy atom. The van der Waals surface area contributed by atoms with Crippen molar-refractivity contribution in [2.75, 3.05) is 6.61 Å². The Balaban J connectivity index is 1.46. The average molecular weight is 481 g/mol. The first kappa shape index (κ1) is 24.6. The summed E-state index contributed by atoms with van der Waals surface area (Å²) in [6, 6.07) is 13.4. The van der Waals surface area contributed by atoms with Crippen LogP contribution in [0.4, 0.5) is 13.2 Å². The molecule has 0 radical (unpaired) electrons. The van der Waals surface area contributed by atoms with Crippen LogP contribution in [0.15, 0.2) is 67.3 Å². The van der Waals surface area contributed by atoms with E-state index in [2.05, 4.69) is 6.58 Å². The number of hydrogen-bond donors (Lipinski definition) is 0. The van der Waals surface area contributed by atoms with Gasteiger partial charge in [-0.2, -0.15) is 4.39 Å². The van der Waals surface area contributed by atoms with Gasteiger partial charge in [-0.3, -0.25) is 0 Å². The molecule has 0 aromatic heterocycles. The van der Waals surface area contributed by atoms with E-state index in [0.717, 1.165) is 25.7 Å². The van der Waals surface area contributed by atoms with E-state index in [-0.39, 0.29) is 11.5 Å². The lowest BCUT2D eigenvalue weighted by Crippen LogP contribution is -2.14. The Morgan fingerprint density at radius 1 is 0.971 bits per heavy atom. The zero-order valence-corrected chi connectivity index (χ0v) is 19.5. The molecule has 0 aliphatic heterocycles. The predicted octanol–water partition coefficient (Wildman–Crippen LogP) is 7.85. The Hall–Kier alpha value is -3.54. The summed E-state index contributed by atoms with van der Waals surface area (Å²) < 4.78 is 54.4. The molecule has 3 aromatic rings. The molecule has 1 saturated carbocycles. The Morgan fingerprint density at radius 3 is 2.31 bits per heavy atom. The highest BCUT2D eigenvalue weighted by Crippen LogP contribution is 2.39. The van der Waals surface area contributed by atoms with Gasteiger partial charge in [-0.15, -0.1) is 6.58 Å². The zero-order valence-electron chi connectivity index (χ0n) is 19.5. The number of carbonyl (C=O) groups excluding carboxylic acids is 1. The number of benzene rings is 3. The van der Waals surface area contributed by atoms with Gasteiger partial charge < -0.3 is 9.47 Å². The molecule has 6 heteroatoms. The van der Waals surface area contributed by atoms with Crippen LogP contribution in [-0.4, -0.2) is 12.6 Å². The normalized spacial score (nSPS) is 17.6. The second-order valence-corrected chi connectivity index (χ2v) is 8.67. The highest BCUT2D eigenvalue weighted by molar-refractivity contribution is 5.91. The molecule has 0 unspecified atom stereocenters. The summed E-state index contributed by atoms with van der Waals surface area (Å²) in [6.07, 6.45) is 5.21. The summed E-state index contributed by atoms with van der Waals surface area (Å²) in [5, 5.41) is 0. The summed E-state index contributed by atoms with van der Waals surface area (Å²) in [6.45, 7) is 6.05. The Labute approximate surface area is 203 Å². The molecule has 1 aliphatic carbocycles. The number of hydrogen-bond acceptors (Lipinski definition) is 3. The minimum atomic E-state index is -1.17. The summed E-state index contributed by atoms with van der Waals surface area (Å²) in [7, 11) is 0. The van der Waals surface area contributed by atoms with E-state index in [1.54, 1.807) is 24.3 Å². The summed E-state index contributed by atoms with van der Waals surface area (Å²) in [4.78, 5) is 12.6. The van der Waals surface area contributed by atoms with Gasteiger partial charge in [0.05, 0.1) is 12.2 Å². The van der Waals surface area contributed by atoms with E-state index < -0.39 is 29.2 Å². The van der Waals surface area contributed by atoms with E-state index in [1.165, 1.54) is 30.3 Å². The maximum atomic E-state index is 14.8. The molecule has 1 fully saturated rings. The minimum Gasteiger partial charge on any atom is -0.494 e. The van der Waals surface area contributed by atoms with E-state index in [9.17, 15) is 18.0 Å². The molecular formula is C29H27F3O3. The van der Waals surface area contributed by atoms with Gasteiger partial charge in [-0.25, -0.2) is 13.6 Å². The number of ether oxygens (including phenoxy) is 2. The van der Waals surface area contributed by atoms with Crippen LogP contribution in [0.3, 0.4) is 0 Å². The molecule has 182 valence electrons. The highest BCUT2D eigenvalue weighted by Gasteiger charge is 2.26. The molecule has 0 N–H and O–H groups in total.